The van der Waals surface area contributed by atoms with Crippen LogP contribution in [0.1, 0.15) is 0 Å². The quantitative estimate of drug-likeness (QED) is 0.297. The van der Waals surface area contributed by atoms with Crippen LogP contribution in [-0.4, -0.2) is 8.42 Å². The Morgan fingerprint density at radius 2 is 1.60 bits per heavy atom. The van der Waals surface area contributed by atoms with Gasteiger partial charge in [0.05, 0.1) is 0 Å². The van der Waals surface area contributed by atoms with Gasteiger partial charge >= 0.3 is 0 Å². The van der Waals surface area contributed by atoms with Crippen LogP contribution >= 0.6 is 0 Å². The molecule has 5 heteroatoms. The van der Waals surface area contributed by atoms with E-state index in [4.69, 9.17) is 12.6 Å². The molecule has 0 aromatic carbocycles. The predicted molar refractivity (Wildman–Crippen MR) is 18.4 cm³/mol. The average molecular weight is 113 g/mol. The minimum absolute atomic E-state index is 0.836. The first-order valence-electron chi connectivity index (χ1n) is 0.698. The molecule has 0 amide bonds. The fraction of sp³-hybridized carbons (Fsp3) is 0. The van der Waals surface area contributed by atoms with E-state index in [1.54, 1.807) is 0 Å². The molecule has 0 N–H and O–H groups in total. The number of hydrogen-bond acceptors (Lipinski definition) is 4. The molecule has 0 aromatic rings. The van der Waals surface area contributed by atoms with Crippen LogP contribution in [0.2, 0.25) is 0 Å². The largest absolute Gasteiger partial charge is 0.450 e. The Hall–Kier alpha value is -0.0300. The molecule has 0 aliphatic rings. The highest BCUT2D eigenvalue weighted by atomic mass is 32.8. The summed E-state index contributed by atoms with van der Waals surface area (Å²) in [6.45, 7) is 0. The average Bonchev–Trinajstić information content (AvgIpc) is 1.38. The first kappa shape index (κ1) is 4.97. The lowest BCUT2D eigenvalue weighted by Crippen LogP contribution is -1.41. The molecule has 0 aliphatic heterocycles. The summed E-state index contributed by atoms with van der Waals surface area (Å²) in [6, 6.07) is 0. The summed E-state index contributed by atoms with van der Waals surface area (Å²) in [6.07, 6.45) is 0. The van der Waals surface area contributed by atoms with E-state index in [1.807, 2.05) is 0 Å². The summed E-state index contributed by atoms with van der Waals surface area (Å²) in [5.74, 6) is 0. The molecule has 0 atom stereocenters. The van der Waals surface area contributed by atoms with Crippen molar-refractivity contribution in [1.29, 1.82) is 0 Å². The molecule has 3 nitrogen and oxygen atoms in total. The fourth-order valence-electron chi connectivity index (χ4n) is 0. The second kappa shape index (κ2) is 2.22. The third-order valence-electron chi connectivity index (χ3n) is 0.0609. The second-order valence-electron chi connectivity index (χ2n) is 0.292. The van der Waals surface area contributed by atoms with Crippen LogP contribution in [0, 0.1) is 0 Å². The molecule has 0 heterocycles. The molecule has 32 valence electrons. The fourth-order valence-corrected chi connectivity index (χ4v) is 0. The highest BCUT2D eigenvalue weighted by molar-refractivity contribution is 8.17. The smallest absolute Gasteiger partial charge is 0.121 e. The van der Waals surface area contributed by atoms with E-state index in [-0.39, 0.29) is 0 Å². The standard InChI is InChI=1S/HO3S2/c1-4-5(2)3/h4H/q-1. The number of thiol groups is 1. The minimum Gasteiger partial charge on any atom is -0.450 e. The Bertz CT molecular complexity index is 136. The first-order chi connectivity index (χ1) is 2.27. The molecule has 0 aromatic heterocycles. The van der Waals surface area contributed by atoms with E-state index in [9.17, 15) is 0 Å². The van der Waals surface area contributed by atoms with Crippen molar-refractivity contribution in [3.05, 3.63) is 0 Å². The zero-order valence-corrected chi connectivity index (χ0v) is 3.79. The number of rotatable bonds is 0. The van der Waals surface area contributed by atoms with E-state index < -0.39 is 19.5 Å². The van der Waals surface area contributed by atoms with Gasteiger partial charge in [0.1, 0.15) is 9.26 Å². The van der Waals surface area contributed by atoms with Gasteiger partial charge in [0.15, 0.2) is 0 Å². The second-order valence-corrected chi connectivity index (χ2v) is 2.22. The van der Waals surface area contributed by atoms with Gasteiger partial charge in [-0.25, -0.2) is 8.42 Å². The van der Waals surface area contributed by atoms with Gasteiger partial charge in [-0.05, 0) is 0 Å². The van der Waals surface area contributed by atoms with E-state index in [0.717, 1.165) is 0 Å². The van der Waals surface area contributed by atoms with Crippen LogP contribution in [0.25, 0.3) is 0 Å². The van der Waals surface area contributed by atoms with Gasteiger partial charge < -0.3 is 4.21 Å². The molecule has 0 spiro atoms. The highest BCUT2D eigenvalue weighted by Crippen LogP contribution is 1.23. The molecule has 0 radical (unpaired) electrons. The van der Waals surface area contributed by atoms with Crippen LogP contribution in [0.5, 0.6) is 0 Å². The Morgan fingerprint density at radius 3 is 1.60 bits per heavy atom. The maximum atomic E-state index is 9.04. The van der Waals surface area contributed by atoms with Crippen LogP contribution in [0.3, 0.4) is 0 Å². The van der Waals surface area contributed by atoms with Crippen LogP contribution < -0.4 is 0 Å². The Labute approximate surface area is 32.9 Å². The van der Waals surface area contributed by atoms with E-state index in [2.05, 4.69) is 0 Å². The van der Waals surface area contributed by atoms with Crippen molar-refractivity contribution in [2.45, 2.75) is 0 Å². The molecule has 0 fully saturated rings. The number of hydrogen-bond donors (Lipinski definition) is 0. The third kappa shape index (κ3) is 3.97. The topological polar surface area (TPSA) is 51.2 Å². The zero-order chi connectivity index (χ0) is 4.28. The van der Waals surface area contributed by atoms with Crippen LogP contribution in [-0.2, 0) is 23.7 Å². The van der Waals surface area contributed by atoms with Crippen molar-refractivity contribution < 1.29 is 12.6 Å². The van der Waals surface area contributed by atoms with Crippen molar-refractivity contribution in [3.8, 4) is 0 Å². The van der Waals surface area contributed by atoms with Gasteiger partial charge in [0.25, 0.3) is 0 Å². The summed E-state index contributed by atoms with van der Waals surface area (Å²) >= 11 is 0. The SMILES string of the molecule is O=[SH-]=S(=O)=O. The molecular weight excluding hydrogens is 112 g/mol. The lowest BCUT2D eigenvalue weighted by Gasteiger charge is -1.41. The Kier molecular flexibility index (Phi) is 2.21. The molecule has 5 heavy (non-hydrogen) atoms. The van der Waals surface area contributed by atoms with Crippen molar-refractivity contribution in [1.82, 2.24) is 0 Å². The van der Waals surface area contributed by atoms with Crippen LogP contribution in [0.4, 0.5) is 0 Å². The Balaban J connectivity index is 5.08. The van der Waals surface area contributed by atoms with Gasteiger partial charge in [-0.1, -0.05) is 0 Å². The van der Waals surface area contributed by atoms with Gasteiger partial charge in [-0.15, -0.1) is 0 Å². The Morgan fingerprint density at radius 1 is 1.40 bits per heavy atom. The lowest BCUT2D eigenvalue weighted by atomic mass is 15.9. The van der Waals surface area contributed by atoms with Gasteiger partial charge in [-0.3, -0.25) is 0 Å². The maximum absolute atomic E-state index is 9.04. The van der Waals surface area contributed by atoms with Crippen molar-refractivity contribution in [2.24, 2.45) is 0 Å². The van der Waals surface area contributed by atoms with E-state index in [1.165, 1.54) is 0 Å². The van der Waals surface area contributed by atoms with Gasteiger partial charge in [0, 0.05) is 0 Å². The van der Waals surface area contributed by atoms with Crippen LogP contribution in [0.15, 0.2) is 0 Å². The highest BCUT2D eigenvalue weighted by Gasteiger charge is 1.25. The normalized spacial score (nSPS) is 7.20. The minimum atomic E-state index is -2.41. The summed E-state index contributed by atoms with van der Waals surface area (Å²) in [4.78, 5) is 0. The van der Waals surface area contributed by atoms with Gasteiger partial charge in [-0.2, -0.15) is 10.2 Å². The maximum Gasteiger partial charge on any atom is 0.121 e. The molecule has 0 saturated heterocycles. The zero-order valence-electron chi connectivity index (χ0n) is 2.08. The van der Waals surface area contributed by atoms with E-state index in [0.29, 0.717) is 0 Å². The molecular formula is HO3S2-. The predicted octanol–water partition coefficient (Wildman–Crippen LogP) is -1.06. The van der Waals surface area contributed by atoms with Gasteiger partial charge in [0.2, 0.25) is 0 Å². The summed E-state index contributed by atoms with van der Waals surface area (Å²) in [5, 5.41) is 0. The first-order valence-corrected chi connectivity index (χ1v) is 3.19. The molecule has 0 bridgehead atoms. The third-order valence-corrected chi connectivity index (χ3v) is 0.548. The molecule has 0 rings (SSSR count). The van der Waals surface area contributed by atoms with E-state index >= 15 is 0 Å². The molecule has 0 aliphatic carbocycles. The van der Waals surface area contributed by atoms with Crippen molar-refractivity contribution in [3.63, 3.8) is 0 Å². The molecule has 0 saturated carbocycles. The lowest BCUT2D eigenvalue weighted by molar-refractivity contribution is 0.605. The van der Waals surface area contributed by atoms with Crippen molar-refractivity contribution in [2.75, 3.05) is 0 Å². The molecule has 0 unspecified atom stereocenters. The van der Waals surface area contributed by atoms with Crippen molar-refractivity contribution >= 4 is 19.5 Å². The summed E-state index contributed by atoms with van der Waals surface area (Å²) in [7, 11) is -3.24. The summed E-state index contributed by atoms with van der Waals surface area (Å²) in [5.41, 5.74) is 0. The summed E-state index contributed by atoms with van der Waals surface area (Å²) < 4.78 is 27.1. The monoisotopic (exact) mass is 113 g/mol.